The molecule has 0 amide bonds. The summed E-state index contributed by atoms with van der Waals surface area (Å²) in [5.41, 5.74) is 1.30. The Morgan fingerprint density at radius 2 is 2.00 bits per heavy atom. The largest absolute Gasteiger partial charge is 0.368 e. The zero-order valence-corrected chi connectivity index (χ0v) is 15.4. The Balaban J connectivity index is 1.94. The van der Waals surface area contributed by atoms with Gasteiger partial charge >= 0.3 is 0 Å². The lowest BCUT2D eigenvalue weighted by atomic mass is 10.1. The molecule has 3 rings (SSSR count). The molecule has 2 aromatic rings. The van der Waals surface area contributed by atoms with Gasteiger partial charge in [0.15, 0.2) is 11.6 Å². The van der Waals surface area contributed by atoms with Crippen molar-refractivity contribution in [1.29, 1.82) is 0 Å². The smallest absolute Gasteiger partial charge is 0.225 e. The van der Waals surface area contributed by atoms with Gasteiger partial charge in [-0.15, -0.1) is 0 Å². The Labute approximate surface area is 148 Å². The summed E-state index contributed by atoms with van der Waals surface area (Å²) < 4.78 is 11.6. The highest BCUT2D eigenvalue weighted by Crippen LogP contribution is 2.27. The monoisotopic (exact) mass is 368 g/mol. The molecular weight excluding hydrogens is 348 g/mol. The van der Waals surface area contributed by atoms with Crippen LogP contribution in [0.25, 0.3) is 11.0 Å². The molecular formula is C15H21ClN6OS. The van der Waals surface area contributed by atoms with Gasteiger partial charge in [-0.1, -0.05) is 13.8 Å². The van der Waals surface area contributed by atoms with Crippen molar-refractivity contribution in [3.63, 3.8) is 0 Å². The number of nitrogens with one attached hydrogen (secondary N) is 1. The van der Waals surface area contributed by atoms with Gasteiger partial charge in [-0.25, -0.2) is 15.0 Å². The lowest BCUT2D eigenvalue weighted by molar-refractivity contribution is 0.607. The van der Waals surface area contributed by atoms with Gasteiger partial charge in [-0.05, 0) is 23.9 Å². The zero-order valence-electron chi connectivity index (χ0n) is 13.8. The van der Waals surface area contributed by atoms with E-state index >= 15 is 0 Å². The van der Waals surface area contributed by atoms with Crippen molar-refractivity contribution in [1.82, 2.24) is 19.9 Å². The Kier molecular flexibility index (Phi) is 5.45. The van der Waals surface area contributed by atoms with Crippen LogP contribution in [0.3, 0.4) is 0 Å². The average Bonchev–Trinajstić information content (AvgIpc) is 2.55. The van der Waals surface area contributed by atoms with Gasteiger partial charge in [0.25, 0.3) is 0 Å². The lowest BCUT2D eigenvalue weighted by Gasteiger charge is -2.27. The number of halogens is 1. The number of anilines is 2. The molecule has 0 saturated carbocycles. The first-order chi connectivity index (χ1) is 11.5. The highest BCUT2D eigenvalue weighted by molar-refractivity contribution is 7.85. The predicted molar refractivity (Wildman–Crippen MR) is 98.2 cm³/mol. The molecule has 0 aromatic carbocycles. The normalized spacial score (nSPS) is 16.1. The fourth-order valence-corrected chi connectivity index (χ4v) is 3.80. The number of nitrogens with zero attached hydrogens (tertiary/aromatic N) is 5. The van der Waals surface area contributed by atoms with Crippen LogP contribution in [0, 0.1) is 5.92 Å². The second kappa shape index (κ2) is 7.57. The molecule has 2 aromatic heterocycles. The number of fused-ring (bicyclic) bond motifs is 1. The molecule has 1 saturated heterocycles. The Morgan fingerprint density at radius 3 is 2.71 bits per heavy atom. The first kappa shape index (κ1) is 17.3. The molecule has 3 heterocycles. The van der Waals surface area contributed by atoms with Crippen LogP contribution in [0.4, 0.5) is 11.6 Å². The van der Waals surface area contributed by atoms with E-state index in [2.05, 4.69) is 44.0 Å². The van der Waals surface area contributed by atoms with E-state index in [4.69, 9.17) is 11.6 Å². The first-order valence-corrected chi connectivity index (χ1v) is 9.93. The summed E-state index contributed by atoms with van der Waals surface area (Å²) in [7, 11) is -0.750. The second-order valence-corrected chi connectivity index (χ2v) is 8.21. The minimum Gasteiger partial charge on any atom is -0.368 e. The van der Waals surface area contributed by atoms with Gasteiger partial charge in [0, 0.05) is 41.9 Å². The molecule has 1 aliphatic rings. The van der Waals surface area contributed by atoms with Crippen LogP contribution < -0.4 is 10.2 Å². The van der Waals surface area contributed by atoms with Crippen molar-refractivity contribution in [3.05, 3.63) is 11.6 Å². The first-order valence-electron chi connectivity index (χ1n) is 8.06. The SMILES string of the molecule is CC(C)CCNc1ncnc2c(N3CCS(=O)CC3)nc(Cl)nc12. The molecule has 7 nitrogen and oxygen atoms in total. The van der Waals surface area contributed by atoms with E-state index in [1.54, 1.807) is 0 Å². The maximum absolute atomic E-state index is 11.6. The highest BCUT2D eigenvalue weighted by atomic mass is 35.5. The fourth-order valence-electron chi connectivity index (χ4n) is 2.58. The number of hydrogen-bond acceptors (Lipinski definition) is 7. The van der Waals surface area contributed by atoms with Crippen molar-refractivity contribution in [3.8, 4) is 0 Å². The van der Waals surface area contributed by atoms with Crippen LogP contribution in [0.1, 0.15) is 20.3 Å². The van der Waals surface area contributed by atoms with Gasteiger partial charge < -0.3 is 10.2 Å². The minimum atomic E-state index is -0.750. The third kappa shape index (κ3) is 3.92. The summed E-state index contributed by atoms with van der Waals surface area (Å²) in [6, 6.07) is 0. The van der Waals surface area contributed by atoms with Crippen molar-refractivity contribution in [2.45, 2.75) is 20.3 Å². The van der Waals surface area contributed by atoms with E-state index in [-0.39, 0.29) is 5.28 Å². The molecule has 0 spiro atoms. The van der Waals surface area contributed by atoms with Crippen LogP contribution in [0.15, 0.2) is 6.33 Å². The van der Waals surface area contributed by atoms with Crippen LogP contribution >= 0.6 is 11.6 Å². The van der Waals surface area contributed by atoms with Crippen LogP contribution in [-0.4, -0.2) is 55.3 Å². The van der Waals surface area contributed by atoms with Crippen molar-refractivity contribution in [2.75, 3.05) is 41.4 Å². The van der Waals surface area contributed by atoms with Crippen LogP contribution in [-0.2, 0) is 10.8 Å². The maximum atomic E-state index is 11.6. The molecule has 130 valence electrons. The Morgan fingerprint density at radius 1 is 1.25 bits per heavy atom. The van der Waals surface area contributed by atoms with E-state index in [1.807, 2.05) is 0 Å². The molecule has 1 fully saturated rings. The van der Waals surface area contributed by atoms with E-state index in [0.29, 0.717) is 53.2 Å². The third-order valence-electron chi connectivity index (χ3n) is 3.93. The molecule has 1 N–H and O–H groups in total. The summed E-state index contributed by atoms with van der Waals surface area (Å²) >= 11 is 6.14. The van der Waals surface area contributed by atoms with Crippen molar-refractivity contribution >= 4 is 45.1 Å². The standard InChI is InChI=1S/C15H21ClN6OS/c1-10(2)3-4-17-13-11-12(18-9-19-13)14(21-15(16)20-11)22-5-7-24(23)8-6-22/h9-10H,3-8H2,1-2H3,(H,17,18,19). The summed E-state index contributed by atoms with van der Waals surface area (Å²) in [6.07, 6.45) is 2.55. The second-order valence-electron chi connectivity index (χ2n) is 6.18. The minimum absolute atomic E-state index is 0.172. The summed E-state index contributed by atoms with van der Waals surface area (Å²) in [4.78, 5) is 19.4. The number of aromatic nitrogens is 4. The number of rotatable bonds is 5. The number of hydrogen-bond donors (Lipinski definition) is 1. The molecule has 0 atom stereocenters. The van der Waals surface area contributed by atoms with E-state index in [0.717, 1.165) is 13.0 Å². The molecule has 24 heavy (non-hydrogen) atoms. The summed E-state index contributed by atoms with van der Waals surface area (Å²) in [6.45, 7) is 6.52. The highest BCUT2D eigenvalue weighted by Gasteiger charge is 2.21. The van der Waals surface area contributed by atoms with Crippen molar-refractivity contribution in [2.24, 2.45) is 5.92 Å². The van der Waals surface area contributed by atoms with Crippen LogP contribution in [0.2, 0.25) is 5.28 Å². The predicted octanol–water partition coefficient (Wildman–Crippen LogP) is 2.10. The molecule has 9 heteroatoms. The van der Waals surface area contributed by atoms with E-state index in [1.165, 1.54) is 6.33 Å². The van der Waals surface area contributed by atoms with E-state index in [9.17, 15) is 4.21 Å². The quantitative estimate of drug-likeness (QED) is 0.809. The van der Waals surface area contributed by atoms with Gasteiger partial charge in [0.2, 0.25) is 5.28 Å². The fraction of sp³-hybridized carbons (Fsp3) is 0.600. The van der Waals surface area contributed by atoms with Crippen molar-refractivity contribution < 1.29 is 4.21 Å². The topological polar surface area (TPSA) is 83.9 Å². The van der Waals surface area contributed by atoms with Gasteiger partial charge in [0.1, 0.15) is 17.4 Å². The maximum Gasteiger partial charge on any atom is 0.225 e. The van der Waals surface area contributed by atoms with E-state index < -0.39 is 10.8 Å². The Bertz CT molecular complexity index is 746. The lowest BCUT2D eigenvalue weighted by Crippen LogP contribution is -2.38. The molecule has 0 unspecified atom stereocenters. The summed E-state index contributed by atoms with van der Waals surface area (Å²) in [5, 5.41) is 3.49. The van der Waals surface area contributed by atoms with Gasteiger partial charge in [-0.3, -0.25) is 4.21 Å². The van der Waals surface area contributed by atoms with Crippen LogP contribution in [0.5, 0.6) is 0 Å². The summed E-state index contributed by atoms with van der Waals surface area (Å²) in [5.74, 6) is 3.23. The third-order valence-corrected chi connectivity index (χ3v) is 5.37. The molecule has 0 aliphatic carbocycles. The van der Waals surface area contributed by atoms with Gasteiger partial charge in [-0.2, -0.15) is 4.98 Å². The molecule has 0 radical (unpaired) electrons. The Hall–Kier alpha value is -1.54. The van der Waals surface area contributed by atoms with Gasteiger partial charge in [0.05, 0.1) is 0 Å². The molecule has 1 aliphatic heterocycles. The zero-order chi connectivity index (χ0) is 17.1. The average molecular weight is 369 g/mol. The molecule has 0 bridgehead atoms.